The van der Waals surface area contributed by atoms with Crippen molar-refractivity contribution >= 4 is 19.5 Å². The summed E-state index contributed by atoms with van der Waals surface area (Å²) in [5, 5.41) is 0. The summed E-state index contributed by atoms with van der Waals surface area (Å²) in [6, 6.07) is 7.48. The Morgan fingerprint density at radius 2 is 1.73 bits per heavy atom. The molecule has 0 saturated heterocycles. The number of aromatic nitrogens is 2. The minimum absolute atomic E-state index is 0.0346. The maximum atomic E-state index is 14.1. The largest absolute Gasteiger partial charge is 0.467 e. The maximum absolute atomic E-state index is 14.1. The van der Waals surface area contributed by atoms with Crippen molar-refractivity contribution in [1.29, 1.82) is 0 Å². The molecule has 0 fully saturated rings. The highest BCUT2D eigenvalue weighted by Gasteiger charge is 2.42. The number of hydrogen-bond donors (Lipinski definition) is 0. The molecule has 33 heavy (non-hydrogen) atoms. The Bertz CT molecular complexity index is 1180. The van der Waals surface area contributed by atoms with Crippen LogP contribution >= 0.6 is 7.60 Å². The van der Waals surface area contributed by atoms with Gasteiger partial charge in [-0.15, -0.1) is 0 Å². The number of benzene rings is 1. The van der Waals surface area contributed by atoms with Crippen molar-refractivity contribution in [3.05, 3.63) is 80.9 Å². The lowest BCUT2D eigenvalue weighted by molar-refractivity contribution is -0.149. The molecule has 0 aliphatic rings. The number of carbonyl (C=O) groups excluding carboxylic acids is 2. The Morgan fingerprint density at radius 1 is 1.09 bits per heavy atom. The molecule has 2 rings (SSSR count). The van der Waals surface area contributed by atoms with E-state index in [2.05, 4.69) is 4.74 Å². The number of carbonyl (C=O) groups is 2. The molecule has 1 heterocycles. The zero-order valence-corrected chi connectivity index (χ0v) is 18.9. The van der Waals surface area contributed by atoms with E-state index in [1.54, 1.807) is 6.07 Å². The van der Waals surface area contributed by atoms with Crippen molar-refractivity contribution < 1.29 is 37.1 Å². The molecule has 0 aliphatic carbocycles. The van der Waals surface area contributed by atoms with Crippen LogP contribution in [-0.4, -0.2) is 54.8 Å². The molecule has 0 aliphatic heterocycles. The molecule has 0 amide bonds. The first-order valence-electron chi connectivity index (χ1n) is 9.37. The van der Waals surface area contributed by atoms with E-state index < -0.39 is 42.4 Å². The van der Waals surface area contributed by atoms with Crippen molar-refractivity contribution in [3.63, 3.8) is 0 Å². The second-order valence-corrected chi connectivity index (χ2v) is 8.59. The van der Waals surface area contributed by atoms with Gasteiger partial charge in [0.15, 0.2) is 0 Å². The first kappa shape index (κ1) is 26.1. The van der Waals surface area contributed by atoms with E-state index in [4.69, 9.17) is 13.8 Å². The average Bonchev–Trinajstić information content (AvgIpc) is 2.84. The molecule has 1 aromatic heterocycles. The third-order valence-corrected chi connectivity index (χ3v) is 6.31. The van der Waals surface area contributed by atoms with Crippen molar-refractivity contribution in [2.75, 3.05) is 27.9 Å². The summed E-state index contributed by atoms with van der Waals surface area (Å²) >= 11 is 0. The molecule has 178 valence electrons. The van der Waals surface area contributed by atoms with Crippen LogP contribution in [0.3, 0.4) is 0 Å². The maximum Gasteiger partial charge on any atom is 0.370 e. The number of methoxy groups -OCH3 is 1. The fourth-order valence-corrected chi connectivity index (χ4v) is 3.81. The summed E-state index contributed by atoms with van der Waals surface area (Å²) in [5.41, 5.74) is -2.38. The molecule has 13 heteroatoms. The highest BCUT2D eigenvalue weighted by molar-refractivity contribution is 7.55. The van der Waals surface area contributed by atoms with Gasteiger partial charge in [0.25, 0.3) is 17.3 Å². The minimum atomic E-state index is -3.95. The molecule has 1 atom stereocenters. The molecule has 2 aromatic rings. The molecule has 0 spiro atoms. The van der Waals surface area contributed by atoms with Gasteiger partial charge >= 0.3 is 19.3 Å². The van der Waals surface area contributed by atoms with Crippen LogP contribution in [0.2, 0.25) is 0 Å². The number of nitrogens with zero attached hydrogens (tertiary/aromatic N) is 2. The van der Waals surface area contributed by atoms with Gasteiger partial charge in [-0.3, -0.25) is 18.7 Å². The van der Waals surface area contributed by atoms with Crippen LogP contribution in [0.5, 0.6) is 0 Å². The fraction of sp³-hybridized carbons (Fsp3) is 0.300. The van der Waals surface area contributed by atoms with Gasteiger partial charge in [0.05, 0.1) is 19.9 Å². The van der Waals surface area contributed by atoms with Gasteiger partial charge in [-0.2, -0.15) is 8.96 Å². The van der Waals surface area contributed by atoms with Gasteiger partial charge < -0.3 is 18.5 Å². The van der Waals surface area contributed by atoms with E-state index >= 15 is 0 Å². The summed E-state index contributed by atoms with van der Waals surface area (Å²) in [6.45, 7) is -0.521. The monoisotopic (exact) mass is 484 g/mol. The lowest BCUT2D eigenvalue weighted by Crippen LogP contribution is -2.44. The molecular formula is C20H22FN2O9P. The molecule has 1 unspecified atom stereocenters. The van der Waals surface area contributed by atoms with Gasteiger partial charge in [0, 0.05) is 26.3 Å². The van der Waals surface area contributed by atoms with E-state index in [1.165, 1.54) is 36.4 Å². The first-order chi connectivity index (χ1) is 15.7. The summed E-state index contributed by atoms with van der Waals surface area (Å²) in [4.78, 5) is 49.1. The molecule has 1 aromatic carbocycles. The molecule has 0 bridgehead atoms. The summed E-state index contributed by atoms with van der Waals surface area (Å²) in [7, 11) is -0.731. The number of halogens is 1. The van der Waals surface area contributed by atoms with E-state index in [-0.39, 0.29) is 23.3 Å². The Balaban J connectivity index is 2.20. The van der Waals surface area contributed by atoms with Crippen LogP contribution in [0.25, 0.3) is 0 Å². The van der Waals surface area contributed by atoms with Gasteiger partial charge in [-0.05, 0) is 12.1 Å². The minimum Gasteiger partial charge on any atom is -0.467 e. The molecule has 0 radical (unpaired) electrons. The van der Waals surface area contributed by atoms with Crippen LogP contribution < -0.4 is 11.2 Å². The highest BCUT2D eigenvalue weighted by Crippen LogP contribution is 2.52. The Kier molecular flexibility index (Phi) is 9.18. The summed E-state index contributed by atoms with van der Waals surface area (Å²) in [5.74, 6) is -4.91. The van der Waals surface area contributed by atoms with Crippen molar-refractivity contribution in [2.45, 2.75) is 12.4 Å². The number of allylic oxidation sites excluding steroid dienone is 1. The summed E-state index contributed by atoms with van der Waals surface area (Å²) < 4.78 is 46.8. The van der Waals surface area contributed by atoms with Crippen LogP contribution in [0.15, 0.2) is 58.3 Å². The zero-order valence-electron chi connectivity index (χ0n) is 18.0. The van der Waals surface area contributed by atoms with Gasteiger partial charge in [-0.1, -0.05) is 30.4 Å². The highest BCUT2D eigenvalue weighted by atomic mass is 31.2. The Morgan fingerprint density at radius 3 is 2.30 bits per heavy atom. The first-order valence-corrected chi connectivity index (χ1v) is 11.0. The topological polar surface area (TPSA) is 132 Å². The Hall–Kier alpha value is -3.18. The number of hydrogen-bond acceptors (Lipinski definition) is 9. The third kappa shape index (κ3) is 5.99. The van der Waals surface area contributed by atoms with E-state index in [0.717, 1.165) is 25.9 Å². The standard InChI is InChI=1S/C20H22FN2O9P/c1-29-18(26)19(33(28,30-2)31-3)32-12-8-7-11-22-13-15(21)17(25)23(20(22)27)16(24)14-9-5-4-6-10-14/h4-10,13,19H,11-12H2,1-3H3. The average molecular weight is 484 g/mol. The summed E-state index contributed by atoms with van der Waals surface area (Å²) in [6.07, 6.45) is 3.36. The van der Waals surface area contributed by atoms with Gasteiger partial charge in [0.1, 0.15) is 0 Å². The van der Waals surface area contributed by atoms with Crippen LogP contribution in [0.1, 0.15) is 10.4 Å². The quantitative estimate of drug-likeness (QED) is 0.279. The second kappa shape index (κ2) is 11.6. The lowest BCUT2D eigenvalue weighted by Gasteiger charge is -2.21. The van der Waals surface area contributed by atoms with Crippen LogP contribution in [0.4, 0.5) is 4.39 Å². The second-order valence-electron chi connectivity index (χ2n) is 6.31. The SMILES string of the molecule is COC(=O)C(OCC=CCn1cc(F)c(=O)n(C(=O)c2ccccc2)c1=O)P(=O)(OC)OC. The predicted octanol–water partition coefficient (Wildman–Crippen LogP) is 1.40. The van der Waals surface area contributed by atoms with Crippen LogP contribution in [-0.2, 0) is 34.4 Å². The van der Waals surface area contributed by atoms with Gasteiger partial charge in [-0.25, -0.2) is 9.59 Å². The van der Waals surface area contributed by atoms with E-state index in [0.29, 0.717) is 6.20 Å². The molecular weight excluding hydrogens is 462 g/mol. The van der Waals surface area contributed by atoms with Crippen molar-refractivity contribution in [3.8, 4) is 0 Å². The normalized spacial score (nSPS) is 12.6. The molecule has 0 N–H and O–H groups in total. The molecule has 11 nitrogen and oxygen atoms in total. The van der Waals surface area contributed by atoms with E-state index in [1.807, 2.05) is 0 Å². The van der Waals surface area contributed by atoms with Crippen LogP contribution in [0, 0.1) is 5.82 Å². The van der Waals surface area contributed by atoms with Crippen molar-refractivity contribution in [1.82, 2.24) is 9.13 Å². The Labute approximate surface area is 187 Å². The number of rotatable bonds is 10. The smallest absolute Gasteiger partial charge is 0.370 e. The van der Waals surface area contributed by atoms with Crippen molar-refractivity contribution in [2.24, 2.45) is 0 Å². The van der Waals surface area contributed by atoms with E-state index in [9.17, 15) is 28.1 Å². The third-order valence-electron chi connectivity index (χ3n) is 4.36. The number of esters is 1. The lowest BCUT2D eigenvalue weighted by atomic mass is 10.2. The van der Waals surface area contributed by atoms with Gasteiger partial charge in [0.2, 0.25) is 5.82 Å². The zero-order chi connectivity index (χ0) is 24.6. The molecule has 0 saturated carbocycles. The number of ether oxygens (including phenoxy) is 2. The predicted molar refractivity (Wildman–Crippen MR) is 114 cm³/mol. The fourth-order valence-electron chi connectivity index (χ4n) is 2.65.